The molecule has 0 amide bonds. The van der Waals surface area contributed by atoms with Crippen LogP contribution in [0, 0.1) is 28.4 Å². The normalized spacial score (nSPS) is 13.0. The molecule has 2 aromatic rings. The summed E-state index contributed by atoms with van der Waals surface area (Å²) in [5.41, 5.74) is 4.72. The second kappa shape index (κ2) is 10.1. The molecule has 1 fully saturated rings. The maximum absolute atomic E-state index is 11.2. The van der Waals surface area contributed by atoms with Crippen molar-refractivity contribution < 1.29 is 11.0 Å². The monoisotopic (exact) mass is 362 g/mol. The quantitative estimate of drug-likeness (QED) is 0.660. The van der Waals surface area contributed by atoms with Gasteiger partial charge in [-0.05, 0) is 42.7 Å². The van der Waals surface area contributed by atoms with Crippen molar-refractivity contribution >= 4 is 11.5 Å². The SMILES string of the molecule is N#CCc1cccc(C#CC=C2CCN(c3ncccc3[NH2+][O-])CC2)c1.O. The Labute approximate surface area is 159 Å². The zero-order valence-electron chi connectivity index (χ0n) is 15.0. The van der Waals surface area contributed by atoms with Crippen LogP contribution in [-0.2, 0) is 6.42 Å². The Morgan fingerprint density at radius 1 is 1.22 bits per heavy atom. The van der Waals surface area contributed by atoms with Crippen LogP contribution in [0.2, 0.25) is 0 Å². The van der Waals surface area contributed by atoms with Crippen LogP contribution < -0.4 is 10.4 Å². The smallest absolute Gasteiger partial charge is 0.191 e. The lowest BCUT2D eigenvalue weighted by atomic mass is 10.0. The molecule has 6 heteroatoms. The van der Waals surface area contributed by atoms with Crippen molar-refractivity contribution in [2.45, 2.75) is 19.3 Å². The Hall–Kier alpha value is -3.16. The number of piperidine rings is 1. The molecule has 1 aliphatic heterocycles. The number of hydrogen-bond donors (Lipinski definition) is 1. The Kier molecular flexibility index (Phi) is 7.54. The van der Waals surface area contributed by atoms with Gasteiger partial charge < -0.3 is 21.1 Å². The first-order valence-electron chi connectivity index (χ1n) is 8.60. The van der Waals surface area contributed by atoms with Crippen LogP contribution in [0.1, 0.15) is 24.0 Å². The van der Waals surface area contributed by atoms with Gasteiger partial charge in [-0.2, -0.15) is 5.26 Å². The van der Waals surface area contributed by atoms with E-state index in [0.29, 0.717) is 12.1 Å². The topological polar surface area (TPSA) is 111 Å². The van der Waals surface area contributed by atoms with Crippen LogP contribution in [0.3, 0.4) is 0 Å². The number of rotatable bonds is 3. The third-order valence-corrected chi connectivity index (χ3v) is 4.35. The van der Waals surface area contributed by atoms with Crippen molar-refractivity contribution in [2.24, 2.45) is 0 Å². The lowest BCUT2D eigenvalue weighted by Gasteiger charge is -2.29. The van der Waals surface area contributed by atoms with E-state index in [9.17, 15) is 5.21 Å². The van der Waals surface area contributed by atoms with Crippen molar-refractivity contribution in [1.82, 2.24) is 4.98 Å². The van der Waals surface area contributed by atoms with E-state index in [1.165, 1.54) is 5.57 Å². The highest BCUT2D eigenvalue weighted by molar-refractivity contribution is 5.57. The van der Waals surface area contributed by atoms with Crippen LogP contribution in [-0.4, -0.2) is 23.5 Å². The summed E-state index contributed by atoms with van der Waals surface area (Å²) in [4.78, 5) is 6.50. The van der Waals surface area contributed by atoms with Crippen molar-refractivity contribution in [3.05, 3.63) is 70.6 Å². The molecule has 0 unspecified atom stereocenters. The van der Waals surface area contributed by atoms with Crippen LogP contribution in [0.15, 0.2) is 54.2 Å². The average molecular weight is 362 g/mol. The summed E-state index contributed by atoms with van der Waals surface area (Å²) >= 11 is 0. The van der Waals surface area contributed by atoms with Crippen molar-refractivity contribution in [1.29, 1.82) is 5.26 Å². The molecule has 1 aromatic carbocycles. The number of quaternary nitrogens is 1. The molecule has 4 N–H and O–H groups in total. The molecule has 138 valence electrons. The standard InChI is InChI=1S/C21H20N4O.H2O/c22-12-9-19-7-2-6-18(16-19)5-1-4-17-10-14-25(15-11-17)21-20(24-26)8-3-13-23-21;/h2-4,6-8,13,16H,9-11,14-15,24H2;1H2. The molecule has 3 rings (SSSR count). The van der Waals surface area contributed by atoms with E-state index >= 15 is 0 Å². The number of nitrogens with two attached hydrogens (primary N) is 1. The number of anilines is 1. The number of benzene rings is 1. The first kappa shape index (κ1) is 20.2. The molecule has 27 heavy (non-hydrogen) atoms. The summed E-state index contributed by atoms with van der Waals surface area (Å²) in [5, 5.41) is 19.9. The minimum absolute atomic E-state index is 0. The summed E-state index contributed by atoms with van der Waals surface area (Å²) < 4.78 is 0. The lowest BCUT2D eigenvalue weighted by molar-refractivity contribution is -0.496. The molecular weight excluding hydrogens is 340 g/mol. The maximum atomic E-state index is 11.2. The minimum Gasteiger partial charge on any atom is -0.630 e. The molecule has 6 nitrogen and oxygen atoms in total. The van der Waals surface area contributed by atoms with E-state index in [1.54, 1.807) is 18.3 Å². The van der Waals surface area contributed by atoms with Crippen LogP contribution in [0.4, 0.5) is 11.5 Å². The van der Waals surface area contributed by atoms with E-state index in [0.717, 1.165) is 48.4 Å². The van der Waals surface area contributed by atoms with E-state index < -0.39 is 0 Å². The predicted octanol–water partition coefficient (Wildman–Crippen LogP) is 1.59. The summed E-state index contributed by atoms with van der Waals surface area (Å²) in [6, 6.07) is 13.5. The Morgan fingerprint density at radius 2 is 2.04 bits per heavy atom. The van der Waals surface area contributed by atoms with Crippen molar-refractivity contribution in [3.8, 4) is 17.9 Å². The number of pyridine rings is 1. The van der Waals surface area contributed by atoms with Gasteiger partial charge in [0.25, 0.3) is 0 Å². The molecule has 0 atom stereocenters. The van der Waals surface area contributed by atoms with E-state index in [1.807, 2.05) is 30.3 Å². The second-order valence-corrected chi connectivity index (χ2v) is 6.13. The molecule has 0 spiro atoms. The molecule has 0 aliphatic carbocycles. The Balaban J connectivity index is 0.00000261. The molecule has 1 aromatic heterocycles. The van der Waals surface area contributed by atoms with Gasteiger partial charge in [0.2, 0.25) is 0 Å². The maximum Gasteiger partial charge on any atom is 0.191 e. The Morgan fingerprint density at radius 3 is 2.78 bits per heavy atom. The van der Waals surface area contributed by atoms with Gasteiger partial charge in [-0.1, -0.05) is 29.5 Å². The fraction of sp³-hybridized carbons (Fsp3) is 0.238. The van der Waals surface area contributed by atoms with E-state index in [4.69, 9.17) is 5.26 Å². The number of aromatic nitrogens is 1. The van der Waals surface area contributed by atoms with Crippen molar-refractivity contribution in [2.75, 3.05) is 18.0 Å². The van der Waals surface area contributed by atoms with E-state index in [2.05, 4.69) is 27.8 Å². The Bertz CT molecular complexity index is 896. The fourth-order valence-corrected chi connectivity index (χ4v) is 2.99. The molecule has 0 saturated carbocycles. The molecule has 1 saturated heterocycles. The largest absolute Gasteiger partial charge is 0.630 e. The molecule has 1 aliphatic rings. The van der Waals surface area contributed by atoms with Gasteiger partial charge in [-0.15, -0.1) is 0 Å². The minimum atomic E-state index is 0. The highest BCUT2D eigenvalue weighted by Crippen LogP contribution is 2.24. The van der Waals surface area contributed by atoms with Crippen LogP contribution in [0.25, 0.3) is 0 Å². The van der Waals surface area contributed by atoms with Gasteiger partial charge in [0.1, 0.15) is 0 Å². The first-order valence-corrected chi connectivity index (χ1v) is 8.60. The van der Waals surface area contributed by atoms with Gasteiger partial charge in [-0.3, -0.25) is 0 Å². The number of hydrogen-bond acceptors (Lipinski definition) is 4. The summed E-state index contributed by atoms with van der Waals surface area (Å²) in [5.74, 6) is 7.04. The van der Waals surface area contributed by atoms with Crippen LogP contribution >= 0.6 is 0 Å². The van der Waals surface area contributed by atoms with Gasteiger partial charge in [-0.25, -0.2) is 4.98 Å². The van der Waals surface area contributed by atoms with Gasteiger partial charge in [0.15, 0.2) is 11.5 Å². The average Bonchev–Trinajstić information content (AvgIpc) is 2.69. The van der Waals surface area contributed by atoms with Crippen molar-refractivity contribution in [3.63, 3.8) is 0 Å². The zero-order chi connectivity index (χ0) is 18.2. The summed E-state index contributed by atoms with van der Waals surface area (Å²) in [6.45, 7) is 1.67. The molecular formula is C21H22N4O2. The van der Waals surface area contributed by atoms with E-state index in [-0.39, 0.29) is 5.48 Å². The number of nitriles is 1. The van der Waals surface area contributed by atoms with Gasteiger partial charge in [0.05, 0.1) is 12.5 Å². The molecule has 0 bridgehead atoms. The number of nitrogens with zero attached hydrogens (tertiary/aromatic N) is 3. The summed E-state index contributed by atoms with van der Waals surface area (Å²) in [7, 11) is 0. The fourth-order valence-electron chi connectivity index (χ4n) is 2.99. The summed E-state index contributed by atoms with van der Waals surface area (Å²) in [6.07, 6.45) is 5.95. The predicted molar refractivity (Wildman–Crippen MR) is 105 cm³/mol. The third kappa shape index (κ3) is 5.40. The third-order valence-electron chi connectivity index (χ3n) is 4.35. The lowest BCUT2D eigenvalue weighted by Crippen LogP contribution is -2.70. The molecule has 2 heterocycles. The zero-order valence-corrected chi connectivity index (χ0v) is 15.0. The van der Waals surface area contributed by atoms with Gasteiger partial charge in [0, 0.05) is 30.9 Å². The first-order chi connectivity index (χ1) is 12.8. The van der Waals surface area contributed by atoms with Gasteiger partial charge >= 0.3 is 0 Å². The highest BCUT2D eigenvalue weighted by Gasteiger charge is 2.18. The number of allylic oxidation sites excluding steroid dienone is 1. The highest BCUT2D eigenvalue weighted by atomic mass is 16.5. The second-order valence-electron chi connectivity index (χ2n) is 6.13. The molecule has 0 radical (unpaired) electrons. The van der Waals surface area contributed by atoms with Crippen LogP contribution in [0.5, 0.6) is 0 Å².